The molecule has 8 N–H and O–H groups in total. The van der Waals surface area contributed by atoms with Crippen molar-refractivity contribution in [2.75, 3.05) is 28.4 Å². The van der Waals surface area contributed by atoms with Gasteiger partial charge in [-0.15, -0.1) is 0 Å². The number of rotatable bonds is 15. The van der Waals surface area contributed by atoms with Gasteiger partial charge in [0, 0.05) is 16.5 Å². The van der Waals surface area contributed by atoms with E-state index in [2.05, 4.69) is 40.3 Å². The van der Waals surface area contributed by atoms with Crippen LogP contribution >= 0.6 is 11.6 Å². The van der Waals surface area contributed by atoms with E-state index in [1.165, 1.54) is 12.1 Å². The highest BCUT2D eigenvalue weighted by Crippen LogP contribution is 2.37. The zero-order chi connectivity index (χ0) is 47.4. The Morgan fingerprint density at radius 2 is 1.30 bits per heavy atom. The van der Waals surface area contributed by atoms with E-state index in [9.17, 15) is 73.5 Å². The van der Waals surface area contributed by atoms with Crippen molar-refractivity contribution in [3.8, 4) is 0 Å². The third-order valence-corrected chi connectivity index (χ3v) is 14.3. The molecule has 0 saturated carbocycles. The van der Waals surface area contributed by atoms with Gasteiger partial charge in [-0.2, -0.15) is 62.1 Å². The average Bonchev–Trinajstić information content (AvgIpc) is 3.14. The Morgan fingerprint density at radius 3 is 1.88 bits per heavy atom. The van der Waals surface area contributed by atoms with Gasteiger partial charge in [-0.3, -0.25) is 33.0 Å². The van der Waals surface area contributed by atoms with E-state index >= 15 is 0 Å². The number of fused-ring (bicyclic) bond motifs is 2. The molecule has 33 heteroatoms. The highest BCUT2D eigenvalue weighted by molar-refractivity contribution is 7.91. The largest absolute Gasteiger partial charge is 0.397 e. The van der Waals surface area contributed by atoms with E-state index in [4.69, 9.17) is 16.2 Å². The van der Waals surface area contributed by atoms with Crippen molar-refractivity contribution in [3.63, 3.8) is 0 Å². The van der Waals surface area contributed by atoms with Crippen LogP contribution in [0.5, 0.6) is 0 Å². The van der Waals surface area contributed by atoms with Crippen LogP contribution in [0.3, 0.4) is 0 Å². The molecular formula is C31H24ClN7O19S6. The number of nitrogens with zero attached hydrogens (tertiary/aromatic N) is 4. The van der Waals surface area contributed by atoms with Gasteiger partial charge in [0.1, 0.15) is 14.7 Å². The fourth-order valence-corrected chi connectivity index (χ4v) is 10.2. The number of halogens is 1. The fourth-order valence-electron chi connectivity index (χ4n) is 5.83. The number of carbonyl (C=O) groups excluding carboxylic acids is 1. The topological polar surface area (TPSA) is 419 Å². The summed E-state index contributed by atoms with van der Waals surface area (Å²) in [6.07, 6.45) is 0.549. The van der Waals surface area contributed by atoms with Crippen molar-refractivity contribution in [3.05, 3.63) is 88.0 Å². The molecule has 0 aliphatic heterocycles. The van der Waals surface area contributed by atoms with Crippen LogP contribution in [0.1, 0.15) is 15.9 Å². The molecule has 64 heavy (non-hydrogen) atoms. The molecule has 0 bridgehead atoms. The van der Waals surface area contributed by atoms with E-state index in [-0.39, 0.29) is 16.5 Å². The first-order valence-corrected chi connectivity index (χ1v) is 25.7. The molecule has 340 valence electrons. The second kappa shape index (κ2) is 17.1. The molecule has 0 fully saturated rings. The molecule has 6 rings (SSSR count). The SMILES string of the molecule is O=C1C(=NNc2ccc3c(S(=O)(=O)O)cccc3c2S(=O)(=O)O)C(S(=O)(=O)O)=Cc2cc(S(=O)(=O)O)cc(Nc3nc(Cl)nc(Nc4ccc(S(=O)(=O)CCOS(=O)(=O)O)cc4)n3)c21. The number of hydrogen-bond donors (Lipinski definition) is 8. The van der Waals surface area contributed by atoms with Crippen LogP contribution in [0, 0.1) is 0 Å². The minimum Gasteiger partial charge on any atom is -0.324 e. The number of aromatic nitrogens is 3. The molecule has 0 spiro atoms. The number of ketones is 1. The summed E-state index contributed by atoms with van der Waals surface area (Å²) in [6.45, 7) is -0.890. The van der Waals surface area contributed by atoms with Gasteiger partial charge >= 0.3 is 10.4 Å². The van der Waals surface area contributed by atoms with Gasteiger partial charge in [-0.05, 0) is 71.8 Å². The Bertz CT molecular complexity index is 3570. The first-order valence-electron chi connectivity index (χ1n) is 16.6. The summed E-state index contributed by atoms with van der Waals surface area (Å²) in [5.41, 5.74) is -1.53. The van der Waals surface area contributed by atoms with Crippen molar-refractivity contribution in [1.82, 2.24) is 15.0 Å². The Morgan fingerprint density at radius 1 is 0.656 bits per heavy atom. The summed E-state index contributed by atoms with van der Waals surface area (Å²) in [4.78, 5) is 21.6. The number of hydrazone groups is 1. The second-order valence-corrected chi connectivity index (χ2v) is 21.7. The van der Waals surface area contributed by atoms with Crippen LogP contribution in [0.25, 0.3) is 16.8 Å². The second-order valence-electron chi connectivity index (χ2n) is 12.6. The van der Waals surface area contributed by atoms with E-state index in [1.807, 2.05) is 0 Å². The van der Waals surface area contributed by atoms with E-state index in [1.54, 1.807) is 0 Å². The summed E-state index contributed by atoms with van der Waals surface area (Å²) in [5, 5.41) is 7.37. The van der Waals surface area contributed by atoms with Gasteiger partial charge in [0.15, 0.2) is 15.5 Å². The lowest BCUT2D eigenvalue weighted by molar-refractivity contribution is 0.106. The van der Waals surface area contributed by atoms with Crippen molar-refractivity contribution < 1.29 is 82.2 Å². The molecule has 1 heterocycles. The maximum atomic E-state index is 14.2. The number of nitrogens with one attached hydrogen (secondary N) is 3. The van der Waals surface area contributed by atoms with Gasteiger partial charge in [0.05, 0.1) is 39.1 Å². The first kappa shape index (κ1) is 47.8. The number of hydrogen-bond acceptors (Lipinski definition) is 21. The zero-order valence-corrected chi connectivity index (χ0v) is 36.6. The molecule has 1 aromatic heterocycles. The van der Waals surface area contributed by atoms with Crippen molar-refractivity contribution >= 4 is 130 Å². The summed E-state index contributed by atoms with van der Waals surface area (Å²) in [5.74, 6) is -3.22. The lowest BCUT2D eigenvalue weighted by atomic mass is 9.93. The predicted molar refractivity (Wildman–Crippen MR) is 222 cm³/mol. The van der Waals surface area contributed by atoms with Crippen molar-refractivity contribution in [2.24, 2.45) is 5.10 Å². The number of benzene rings is 4. The quantitative estimate of drug-likeness (QED) is 0.0551. The molecule has 0 saturated heterocycles. The summed E-state index contributed by atoms with van der Waals surface area (Å²) >= 11 is 6.10. The lowest BCUT2D eigenvalue weighted by Gasteiger charge is -2.21. The molecule has 1 aliphatic rings. The predicted octanol–water partition coefficient (Wildman–Crippen LogP) is 2.39. The smallest absolute Gasteiger partial charge is 0.324 e. The van der Waals surface area contributed by atoms with E-state index < -0.39 is 149 Å². The number of carbonyl (C=O) groups is 1. The maximum absolute atomic E-state index is 14.2. The minimum absolute atomic E-state index is 0.112. The molecule has 1 aliphatic carbocycles. The monoisotopic (exact) mass is 1020 g/mol. The normalized spacial score (nSPS) is 14.6. The third kappa shape index (κ3) is 10.8. The summed E-state index contributed by atoms with van der Waals surface area (Å²) < 4.78 is 198. The van der Waals surface area contributed by atoms with Gasteiger partial charge in [-0.1, -0.05) is 18.2 Å². The highest BCUT2D eigenvalue weighted by atomic mass is 35.5. The van der Waals surface area contributed by atoms with Crippen molar-refractivity contribution in [1.29, 1.82) is 0 Å². The van der Waals surface area contributed by atoms with Crippen LogP contribution in [-0.2, 0) is 64.9 Å². The Labute approximate surface area is 366 Å². The van der Waals surface area contributed by atoms with Crippen LogP contribution in [0.15, 0.2) is 96.3 Å². The molecule has 26 nitrogen and oxygen atoms in total. The van der Waals surface area contributed by atoms with Crippen molar-refractivity contribution in [2.45, 2.75) is 19.6 Å². The number of Topliss-reactive ketones (excluding diaryl/α,β-unsaturated/α-hetero) is 1. The molecular weight excluding hydrogens is 1000 g/mol. The first-order chi connectivity index (χ1) is 29.4. The zero-order valence-electron chi connectivity index (χ0n) is 30.9. The lowest BCUT2D eigenvalue weighted by Crippen LogP contribution is -2.28. The highest BCUT2D eigenvalue weighted by Gasteiger charge is 2.36. The number of sulfone groups is 1. The standard InChI is InChI=1S/C31H24ClN7O19S6/c32-29-35-30(33-16-4-6-17(7-5-16)59(41,42)11-10-58-64(55,56)57)37-31(36-29)34-22-14-18(60(43,44)45)12-15-13-24(62(49,50)51)26(27(40)25(15)22)39-38-21-9-8-19-20(28(21)63(52,53)54)2-1-3-23(19)61(46,47)48/h1-9,12-14,38H,10-11H2,(H,43,44,45)(H,46,47,48)(H,49,50,51)(H,52,53,54)(H,55,56,57)(H2,33,34,35,36,37). The van der Waals surface area contributed by atoms with E-state index in [0.29, 0.717) is 18.2 Å². The maximum Gasteiger partial charge on any atom is 0.397 e. The van der Waals surface area contributed by atoms with Crippen LogP contribution < -0.4 is 16.1 Å². The van der Waals surface area contributed by atoms with Gasteiger partial charge in [-0.25, -0.2) is 12.6 Å². The van der Waals surface area contributed by atoms with Gasteiger partial charge in [0.25, 0.3) is 40.5 Å². The minimum atomic E-state index is -5.49. The fraction of sp³-hybridized carbons (Fsp3) is 0.0645. The molecule has 0 amide bonds. The molecule has 0 unspecified atom stereocenters. The molecule has 5 aromatic rings. The van der Waals surface area contributed by atoms with Gasteiger partial charge in [0.2, 0.25) is 23.0 Å². The molecule has 0 radical (unpaired) electrons. The summed E-state index contributed by atoms with van der Waals surface area (Å²) in [7, 11) is -30.0. The summed E-state index contributed by atoms with van der Waals surface area (Å²) in [6, 6.07) is 10.7. The third-order valence-electron chi connectivity index (χ3n) is 8.38. The Kier molecular flexibility index (Phi) is 12.8. The van der Waals surface area contributed by atoms with Crippen LogP contribution in [0.2, 0.25) is 5.28 Å². The average molecular weight is 1030 g/mol. The molecule has 4 aromatic carbocycles. The Hall–Kier alpha value is -5.62. The van der Waals surface area contributed by atoms with E-state index in [0.717, 1.165) is 42.5 Å². The number of allylic oxidation sites excluding steroid dienone is 1. The number of anilines is 5. The van der Waals surface area contributed by atoms with Crippen LogP contribution in [0.4, 0.5) is 29.0 Å². The van der Waals surface area contributed by atoms with Gasteiger partial charge < -0.3 is 10.6 Å². The molecule has 0 atom stereocenters. The van der Waals surface area contributed by atoms with Crippen LogP contribution in [-0.4, -0.2) is 112 Å². The Balaban J connectivity index is 1.40.